The number of rotatable bonds is 8. The van der Waals surface area contributed by atoms with Crippen molar-refractivity contribution in [3.05, 3.63) is 77.9 Å². The zero-order valence-electron chi connectivity index (χ0n) is 23.2. The second-order valence-electron chi connectivity index (χ2n) is 9.82. The molecule has 41 heavy (non-hydrogen) atoms. The van der Waals surface area contributed by atoms with E-state index in [1.807, 2.05) is 38.1 Å². The summed E-state index contributed by atoms with van der Waals surface area (Å²) in [5, 5.41) is 8.04. The molecule has 0 bridgehead atoms. The zero-order chi connectivity index (χ0) is 29.6. The number of nitrogens with one attached hydrogen (secondary N) is 3. The van der Waals surface area contributed by atoms with Crippen molar-refractivity contribution in [2.45, 2.75) is 32.5 Å². The normalized spacial score (nSPS) is 14.3. The molecule has 1 aliphatic rings. The van der Waals surface area contributed by atoms with Crippen molar-refractivity contribution in [2.75, 3.05) is 53.7 Å². The maximum atomic E-state index is 13.3. The molecule has 3 N–H and O–H groups in total. The molecule has 0 aliphatic carbocycles. The highest BCUT2D eigenvalue weighted by atomic mass is 19.4. The van der Waals surface area contributed by atoms with E-state index in [1.165, 1.54) is 12.1 Å². The van der Waals surface area contributed by atoms with Crippen molar-refractivity contribution in [2.24, 2.45) is 0 Å². The highest BCUT2D eigenvalue weighted by molar-refractivity contribution is 6.04. The number of benzene rings is 3. The first-order valence-electron chi connectivity index (χ1n) is 13.4. The Labute approximate surface area is 237 Å². The predicted octanol–water partition coefficient (Wildman–Crippen LogP) is 6.21. The second-order valence-corrected chi connectivity index (χ2v) is 9.82. The number of methoxy groups -OCH3 is 1. The van der Waals surface area contributed by atoms with Crippen LogP contribution in [0.25, 0.3) is 0 Å². The average Bonchev–Trinajstić information content (AvgIpc) is 2.96. The Morgan fingerprint density at radius 3 is 2.15 bits per heavy atom. The van der Waals surface area contributed by atoms with Crippen molar-refractivity contribution in [3.63, 3.8) is 0 Å². The predicted molar refractivity (Wildman–Crippen MR) is 155 cm³/mol. The van der Waals surface area contributed by atoms with Gasteiger partial charge in [-0.3, -0.25) is 4.79 Å². The largest absolute Gasteiger partial charge is 0.495 e. The molecular formula is C30H34F3N5O3. The van der Waals surface area contributed by atoms with Gasteiger partial charge in [0, 0.05) is 49.3 Å². The van der Waals surface area contributed by atoms with Gasteiger partial charge in [-0.25, -0.2) is 4.79 Å². The summed E-state index contributed by atoms with van der Waals surface area (Å²) < 4.78 is 44.6. The fourth-order valence-electron chi connectivity index (χ4n) is 4.62. The summed E-state index contributed by atoms with van der Waals surface area (Å²) in [6, 6.07) is 16.5. The van der Waals surface area contributed by atoms with Crippen LogP contribution in [0.1, 0.15) is 36.2 Å². The first-order chi connectivity index (χ1) is 19.6. The van der Waals surface area contributed by atoms with Gasteiger partial charge in [-0.2, -0.15) is 13.2 Å². The summed E-state index contributed by atoms with van der Waals surface area (Å²) in [5.74, 6) is 0.525. The summed E-state index contributed by atoms with van der Waals surface area (Å²) >= 11 is 0. The monoisotopic (exact) mass is 569 g/mol. The number of ether oxygens (including phenoxy) is 1. The Kier molecular flexibility index (Phi) is 9.26. The van der Waals surface area contributed by atoms with Gasteiger partial charge in [0.1, 0.15) is 5.75 Å². The number of amides is 3. The molecule has 1 unspecified atom stereocenters. The number of anilines is 4. The van der Waals surface area contributed by atoms with Gasteiger partial charge in [-0.1, -0.05) is 25.1 Å². The lowest BCUT2D eigenvalue weighted by molar-refractivity contribution is -0.137. The Morgan fingerprint density at radius 1 is 0.878 bits per heavy atom. The van der Waals surface area contributed by atoms with Crippen molar-refractivity contribution in [1.29, 1.82) is 0 Å². The number of urea groups is 1. The number of alkyl halides is 3. The minimum atomic E-state index is -4.53. The van der Waals surface area contributed by atoms with Crippen LogP contribution in [-0.2, 0) is 6.18 Å². The molecule has 3 amide bonds. The fourth-order valence-corrected chi connectivity index (χ4v) is 4.62. The molecule has 3 aromatic carbocycles. The standard InChI is InChI=1S/C30H34F3N5O3/c1-4-20(2)34-28(39)24-19-23(36-29(40)35-22-9-7-8-21(18-22)30(31,32)33)12-13-25(24)37-14-16-38(17-15-37)26-10-5-6-11-27(26)41-3/h5-13,18-20H,4,14-17H2,1-3H3,(H,34,39)(H2,35,36,40). The number of para-hydroxylation sites is 2. The molecule has 11 heteroatoms. The molecule has 1 atom stereocenters. The average molecular weight is 570 g/mol. The molecular weight excluding hydrogens is 535 g/mol. The molecule has 218 valence electrons. The summed E-state index contributed by atoms with van der Waals surface area (Å²) in [4.78, 5) is 30.3. The number of nitrogens with zero attached hydrogens (tertiary/aromatic N) is 2. The number of hydrogen-bond acceptors (Lipinski definition) is 5. The third-order valence-electron chi connectivity index (χ3n) is 6.98. The lowest BCUT2D eigenvalue weighted by atomic mass is 10.1. The molecule has 0 aromatic heterocycles. The van der Waals surface area contributed by atoms with E-state index in [4.69, 9.17) is 4.74 Å². The van der Waals surface area contributed by atoms with Crippen LogP contribution in [0.3, 0.4) is 0 Å². The van der Waals surface area contributed by atoms with E-state index in [-0.39, 0.29) is 17.6 Å². The minimum Gasteiger partial charge on any atom is -0.495 e. The van der Waals surface area contributed by atoms with Crippen LogP contribution in [0, 0.1) is 0 Å². The van der Waals surface area contributed by atoms with Gasteiger partial charge in [0.2, 0.25) is 0 Å². The number of carbonyl (C=O) groups excluding carboxylic acids is 2. The lowest BCUT2D eigenvalue weighted by Gasteiger charge is -2.38. The van der Waals surface area contributed by atoms with Gasteiger partial charge in [0.15, 0.2) is 0 Å². The molecule has 1 fully saturated rings. The first-order valence-corrected chi connectivity index (χ1v) is 13.4. The molecule has 0 radical (unpaired) electrons. The maximum absolute atomic E-state index is 13.3. The summed E-state index contributed by atoms with van der Waals surface area (Å²) in [7, 11) is 1.65. The molecule has 1 heterocycles. The SMILES string of the molecule is CCC(C)NC(=O)c1cc(NC(=O)Nc2cccc(C(F)(F)F)c2)ccc1N1CCN(c2ccccc2OC)CC1. The lowest BCUT2D eigenvalue weighted by Crippen LogP contribution is -2.47. The van der Waals surface area contributed by atoms with Crippen molar-refractivity contribution in [1.82, 2.24) is 5.32 Å². The topological polar surface area (TPSA) is 85.9 Å². The van der Waals surface area contributed by atoms with Gasteiger partial charge >= 0.3 is 12.2 Å². The number of halogens is 3. The second kappa shape index (κ2) is 12.8. The third kappa shape index (κ3) is 7.41. The summed E-state index contributed by atoms with van der Waals surface area (Å²) in [6.07, 6.45) is -3.78. The van der Waals surface area contributed by atoms with Gasteiger partial charge < -0.3 is 30.5 Å². The summed E-state index contributed by atoms with van der Waals surface area (Å²) in [6.45, 7) is 6.63. The Balaban J connectivity index is 1.51. The van der Waals surface area contributed by atoms with Gasteiger partial charge in [-0.15, -0.1) is 0 Å². The van der Waals surface area contributed by atoms with Gasteiger partial charge in [-0.05, 0) is 61.9 Å². The van der Waals surface area contributed by atoms with E-state index < -0.39 is 17.8 Å². The van der Waals surface area contributed by atoms with Gasteiger partial charge in [0.25, 0.3) is 5.91 Å². The number of carbonyl (C=O) groups is 2. The number of piperazine rings is 1. The number of hydrogen-bond donors (Lipinski definition) is 3. The minimum absolute atomic E-state index is 0.00315. The molecule has 4 rings (SSSR count). The molecule has 0 saturated carbocycles. The van der Waals surface area contributed by atoms with Crippen LogP contribution < -0.4 is 30.5 Å². The van der Waals surface area contributed by atoms with Crippen molar-refractivity contribution in [3.8, 4) is 5.75 Å². The Morgan fingerprint density at radius 2 is 1.51 bits per heavy atom. The molecule has 0 spiro atoms. The smallest absolute Gasteiger partial charge is 0.416 e. The molecule has 1 saturated heterocycles. The highest BCUT2D eigenvalue weighted by Crippen LogP contribution is 2.32. The van der Waals surface area contributed by atoms with E-state index in [0.717, 1.165) is 35.7 Å². The van der Waals surface area contributed by atoms with E-state index in [1.54, 1.807) is 25.3 Å². The van der Waals surface area contributed by atoms with Crippen molar-refractivity contribution < 1.29 is 27.5 Å². The molecule has 3 aromatic rings. The van der Waals surface area contributed by atoms with Crippen LogP contribution in [0.5, 0.6) is 5.75 Å². The highest BCUT2D eigenvalue weighted by Gasteiger charge is 2.30. The fraction of sp³-hybridized carbons (Fsp3) is 0.333. The maximum Gasteiger partial charge on any atom is 0.416 e. The van der Waals surface area contributed by atoms with Crippen LogP contribution >= 0.6 is 0 Å². The van der Waals surface area contributed by atoms with E-state index >= 15 is 0 Å². The van der Waals surface area contributed by atoms with Crippen molar-refractivity contribution >= 4 is 34.7 Å². The van der Waals surface area contributed by atoms with E-state index in [0.29, 0.717) is 37.4 Å². The van der Waals surface area contributed by atoms with Crippen LogP contribution in [0.2, 0.25) is 0 Å². The first kappa shape index (κ1) is 29.6. The molecule has 1 aliphatic heterocycles. The van der Waals surface area contributed by atoms with Crippen LogP contribution in [0.15, 0.2) is 66.7 Å². The Bertz CT molecular complexity index is 1370. The quantitative estimate of drug-likeness (QED) is 0.300. The van der Waals surface area contributed by atoms with E-state index in [9.17, 15) is 22.8 Å². The zero-order valence-corrected chi connectivity index (χ0v) is 23.2. The van der Waals surface area contributed by atoms with Gasteiger partial charge in [0.05, 0.1) is 23.9 Å². The Hall–Kier alpha value is -4.41. The van der Waals surface area contributed by atoms with Crippen LogP contribution in [-0.4, -0.2) is 51.3 Å². The van der Waals surface area contributed by atoms with Crippen LogP contribution in [0.4, 0.5) is 40.7 Å². The van der Waals surface area contributed by atoms with E-state index in [2.05, 4.69) is 25.8 Å². The summed E-state index contributed by atoms with van der Waals surface area (Å²) in [5.41, 5.74) is 1.60. The third-order valence-corrected chi connectivity index (χ3v) is 6.98. The molecule has 8 nitrogen and oxygen atoms in total.